The van der Waals surface area contributed by atoms with Crippen molar-refractivity contribution in [1.29, 1.82) is 0 Å². The second-order valence-electron chi connectivity index (χ2n) is 6.47. The van der Waals surface area contributed by atoms with Gasteiger partial charge in [0.15, 0.2) is 0 Å². The van der Waals surface area contributed by atoms with E-state index in [1.54, 1.807) is 24.3 Å². The summed E-state index contributed by atoms with van der Waals surface area (Å²) in [5, 5.41) is 5.51. The maximum Gasteiger partial charge on any atom is 0.411 e. The van der Waals surface area contributed by atoms with Crippen LogP contribution >= 0.6 is 0 Å². The topological polar surface area (TPSA) is 70.7 Å². The highest BCUT2D eigenvalue weighted by atomic mass is 16.5. The Morgan fingerprint density at radius 3 is 2.31 bits per heavy atom. The van der Waals surface area contributed by atoms with Crippen LogP contribution < -0.4 is 10.6 Å². The normalized spacial score (nSPS) is 13.0. The number of hydrogen-bond donors (Lipinski definition) is 2. The minimum absolute atomic E-state index is 0.109. The first-order valence-electron chi connectivity index (χ1n) is 8.63. The smallest absolute Gasteiger partial charge is 0.411 e. The maximum atomic E-state index is 12.7. The average Bonchev–Trinajstić information content (AvgIpc) is 3.46. The maximum absolute atomic E-state index is 12.7. The first-order valence-corrected chi connectivity index (χ1v) is 8.63. The van der Waals surface area contributed by atoms with Gasteiger partial charge in [-0.1, -0.05) is 29.8 Å². The van der Waals surface area contributed by atoms with E-state index >= 15 is 0 Å². The lowest BCUT2D eigenvalue weighted by molar-refractivity contribution is 0.187. The number of methoxy groups -OCH3 is 1. The predicted octanol–water partition coefficient (Wildman–Crippen LogP) is 4.37. The molecule has 2 N–H and O–H groups in total. The summed E-state index contributed by atoms with van der Waals surface area (Å²) in [6.07, 6.45) is 1.56. The van der Waals surface area contributed by atoms with E-state index in [-0.39, 0.29) is 6.03 Å². The summed E-state index contributed by atoms with van der Waals surface area (Å²) in [6.45, 7) is 2.65. The number of ether oxygens (including phenoxy) is 1. The zero-order valence-corrected chi connectivity index (χ0v) is 15.0. The van der Waals surface area contributed by atoms with Crippen LogP contribution in [-0.2, 0) is 11.3 Å². The summed E-state index contributed by atoms with van der Waals surface area (Å²) in [4.78, 5) is 25.8. The molecule has 2 aromatic rings. The van der Waals surface area contributed by atoms with E-state index in [1.165, 1.54) is 12.7 Å². The fourth-order valence-corrected chi connectivity index (χ4v) is 2.76. The summed E-state index contributed by atoms with van der Waals surface area (Å²) in [5.41, 5.74) is 3.60. The van der Waals surface area contributed by atoms with Crippen LogP contribution in [-0.4, -0.2) is 30.2 Å². The zero-order chi connectivity index (χ0) is 18.5. The van der Waals surface area contributed by atoms with Crippen LogP contribution in [0.5, 0.6) is 0 Å². The number of nitrogens with one attached hydrogen (secondary N) is 2. The van der Waals surface area contributed by atoms with Crippen LogP contribution in [0.15, 0.2) is 48.5 Å². The van der Waals surface area contributed by atoms with Crippen LogP contribution in [0.3, 0.4) is 0 Å². The fraction of sp³-hybridized carbons (Fsp3) is 0.300. The molecule has 136 valence electrons. The molecule has 0 heterocycles. The number of amides is 3. The molecule has 0 saturated heterocycles. The Kier molecular flexibility index (Phi) is 5.41. The van der Waals surface area contributed by atoms with Gasteiger partial charge in [0, 0.05) is 24.0 Å². The number of nitrogens with zero attached hydrogens (tertiary/aromatic N) is 1. The molecule has 3 amide bonds. The number of benzene rings is 2. The molecule has 0 aromatic heterocycles. The summed E-state index contributed by atoms with van der Waals surface area (Å²) in [5.74, 6) is 0. The van der Waals surface area contributed by atoms with Gasteiger partial charge in [-0.05, 0) is 49.6 Å². The number of rotatable bonds is 5. The van der Waals surface area contributed by atoms with Crippen molar-refractivity contribution in [1.82, 2.24) is 4.90 Å². The van der Waals surface area contributed by atoms with Gasteiger partial charge in [-0.15, -0.1) is 0 Å². The van der Waals surface area contributed by atoms with E-state index in [9.17, 15) is 9.59 Å². The summed E-state index contributed by atoms with van der Waals surface area (Å²) in [7, 11) is 1.31. The molecule has 0 aliphatic heterocycles. The molecular weight excluding hydrogens is 330 g/mol. The number of aryl methyl sites for hydroxylation is 1. The van der Waals surface area contributed by atoms with Crippen molar-refractivity contribution in [2.45, 2.75) is 32.4 Å². The number of carbonyl (C=O) groups excluding carboxylic acids is 2. The van der Waals surface area contributed by atoms with Gasteiger partial charge in [-0.25, -0.2) is 9.59 Å². The van der Waals surface area contributed by atoms with E-state index in [1.807, 2.05) is 17.0 Å². The molecule has 0 bridgehead atoms. The van der Waals surface area contributed by atoms with Gasteiger partial charge >= 0.3 is 12.1 Å². The molecule has 1 aliphatic carbocycles. The first-order chi connectivity index (χ1) is 12.5. The molecular formula is C20H23N3O3. The summed E-state index contributed by atoms with van der Waals surface area (Å²) >= 11 is 0. The Labute approximate surface area is 153 Å². The van der Waals surface area contributed by atoms with Crippen molar-refractivity contribution in [3.63, 3.8) is 0 Å². The largest absolute Gasteiger partial charge is 0.453 e. The van der Waals surface area contributed by atoms with Crippen LogP contribution in [0.1, 0.15) is 24.0 Å². The van der Waals surface area contributed by atoms with E-state index < -0.39 is 6.09 Å². The summed E-state index contributed by atoms with van der Waals surface area (Å²) in [6, 6.07) is 15.3. The van der Waals surface area contributed by atoms with Gasteiger partial charge in [0.05, 0.1) is 7.11 Å². The quantitative estimate of drug-likeness (QED) is 0.838. The molecule has 0 unspecified atom stereocenters. The minimum atomic E-state index is -0.528. The van der Waals surface area contributed by atoms with Gasteiger partial charge in [0.25, 0.3) is 0 Å². The third-order valence-corrected chi connectivity index (χ3v) is 4.25. The molecule has 3 rings (SSSR count). The van der Waals surface area contributed by atoms with Crippen molar-refractivity contribution in [2.75, 3.05) is 17.7 Å². The third-order valence-electron chi connectivity index (χ3n) is 4.25. The van der Waals surface area contributed by atoms with E-state index in [4.69, 9.17) is 0 Å². The second kappa shape index (κ2) is 7.91. The molecule has 6 heteroatoms. The van der Waals surface area contributed by atoms with Gasteiger partial charge < -0.3 is 15.0 Å². The van der Waals surface area contributed by atoms with Crippen LogP contribution in [0.4, 0.5) is 21.0 Å². The van der Waals surface area contributed by atoms with Crippen LogP contribution in [0.2, 0.25) is 0 Å². The second-order valence-corrected chi connectivity index (χ2v) is 6.47. The molecule has 2 aromatic carbocycles. The third kappa shape index (κ3) is 4.75. The summed E-state index contributed by atoms with van der Waals surface area (Å²) < 4.78 is 4.55. The van der Waals surface area contributed by atoms with Crippen molar-refractivity contribution in [2.24, 2.45) is 0 Å². The molecule has 26 heavy (non-hydrogen) atoms. The Hall–Kier alpha value is -3.02. The Morgan fingerprint density at radius 1 is 1.08 bits per heavy atom. The van der Waals surface area contributed by atoms with Crippen molar-refractivity contribution >= 4 is 23.5 Å². The van der Waals surface area contributed by atoms with Gasteiger partial charge in [0.2, 0.25) is 0 Å². The van der Waals surface area contributed by atoms with E-state index in [2.05, 4.69) is 34.4 Å². The highest BCUT2D eigenvalue weighted by molar-refractivity contribution is 5.90. The lowest BCUT2D eigenvalue weighted by Gasteiger charge is -2.23. The molecule has 0 radical (unpaired) electrons. The number of carbonyl (C=O) groups is 2. The molecule has 0 atom stereocenters. The SMILES string of the molecule is COC(=O)Nc1ccc(NC(=O)N(Cc2cccc(C)c2)C2CC2)cc1. The molecule has 6 nitrogen and oxygen atoms in total. The Bertz CT molecular complexity index is 785. The molecule has 0 spiro atoms. The Morgan fingerprint density at radius 2 is 1.73 bits per heavy atom. The first kappa shape index (κ1) is 17.8. The lowest BCUT2D eigenvalue weighted by atomic mass is 10.1. The standard InChI is InChI=1S/C20H23N3O3/c1-14-4-3-5-15(12-14)13-23(18-10-11-18)19(24)21-16-6-8-17(9-7-16)22-20(25)26-2/h3-9,12,18H,10-11,13H2,1-2H3,(H,21,24)(H,22,25). The fourth-order valence-electron chi connectivity index (χ4n) is 2.76. The van der Waals surface area contributed by atoms with E-state index in [0.29, 0.717) is 24.0 Å². The molecule has 1 saturated carbocycles. The van der Waals surface area contributed by atoms with Crippen molar-refractivity contribution in [3.8, 4) is 0 Å². The van der Waals surface area contributed by atoms with Crippen molar-refractivity contribution < 1.29 is 14.3 Å². The number of urea groups is 1. The van der Waals surface area contributed by atoms with Crippen molar-refractivity contribution in [3.05, 3.63) is 59.7 Å². The average molecular weight is 353 g/mol. The highest BCUT2D eigenvalue weighted by Gasteiger charge is 2.32. The lowest BCUT2D eigenvalue weighted by Crippen LogP contribution is -2.36. The van der Waals surface area contributed by atoms with Gasteiger partial charge in [-0.3, -0.25) is 5.32 Å². The zero-order valence-electron chi connectivity index (χ0n) is 15.0. The monoisotopic (exact) mass is 353 g/mol. The highest BCUT2D eigenvalue weighted by Crippen LogP contribution is 2.29. The number of anilines is 2. The Balaban J connectivity index is 1.64. The van der Waals surface area contributed by atoms with Gasteiger partial charge in [-0.2, -0.15) is 0 Å². The van der Waals surface area contributed by atoms with E-state index in [0.717, 1.165) is 18.4 Å². The predicted molar refractivity (Wildman–Crippen MR) is 101 cm³/mol. The van der Waals surface area contributed by atoms with Crippen LogP contribution in [0, 0.1) is 6.92 Å². The van der Waals surface area contributed by atoms with Gasteiger partial charge in [0.1, 0.15) is 0 Å². The number of hydrogen-bond acceptors (Lipinski definition) is 3. The molecule has 1 fully saturated rings. The minimum Gasteiger partial charge on any atom is -0.453 e. The molecule has 1 aliphatic rings. The van der Waals surface area contributed by atoms with Crippen LogP contribution in [0.25, 0.3) is 0 Å².